The SMILES string of the molecule is CC[N+]1=c2nc(NC(C)c3cccc(NC(=O)c4ccc(CN5CCCCC5)c(Cl)c4)c3)cnc2=C1. The van der Waals surface area contributed by atoms with Gasteiger partial charge in [-0.3, -0.25) is 9.69 Å². The van der Waals surface area contributed by atoms with Gasteiger partial charge in [0.15, 0.2) is 5.35 Å². The van der Waals surface area contributed by atoms with Gasteiger partial charge in [0, 0.05) is 22.8 Å². The lowest BCUT2D eigenvalue weighted by Crippen LogP contribution is -2.51. The number of hydrogen-bond donors (Lipinski definition) is 2. The van der Waals surface area contributed by atoms with E-state index in [1.54, 1.807) is 12.3 Å². The lowest BCUT2D eigenvalue weighted by molar-refractivity contribution is 0.102. The average Bonchev–Trinajstić information content (AvgIpc) is 2.88. The van der Waals surface area contributed by atoms with E-state index < -0.39 is 0 Å². The molecule has 1 fully saturated rings. The number of likely N-dealkylation sites (tertiary alicyclic amines) is 1. The van der Waals surface area contributed by atoms with Crippen LogP contribution in [0.15, 0.2) is 48.7 Å². The summed E-state index contributed by atoms with van der Waals surface area (Å²) in [6.45, 7) is 8.06. The van der Waals surface area contributed by atoms with E-state index in [1.807, 2.05) is 42.6 Å². The summed E-state index contributed by atoms with van der Waals surface area (Å²) in [5.74, 6) is 0.546. The van der Waals surface area contributed by atoms with E-state index in [4.69, 9.17) is 11.6 Å². The number of halogens is 1. The Morgan fingerprint density at radius 2 is 2.00 bits per heavy atom. The molecule has 1 saturated heterocycles. The molecule has 8 heteroatoms. The fourth-order valence-corrected chi connectivity index (χ4v) is 4.95. The molecule has 2 N–H and O–H groups in total. The first-order valence-electron chi connectivity index (χ1n) is 12.7. The average molecular weight is 504 g/mol. The van der Waals surface area contributed by atoms with Gasteiger partial charge >= 0.3 is 5.49 Å². The first-order valence-corrected chi connectivity index (χ1v) is 13.0. The molecule has 1 aromatic heterocycles. The van der Waals surface area contributed by atoms with Gasteiger partial charge in [-0.25, -0.2) is 9.56 Å². The van der Waals surface area contributed by atoms with Gasteiger partial charge in [0.05, 0.1) is 18.8 Å². The molecular weight excluding hydrogens is 472 g/mol. The third-order valence-corrected chi connectivity index (χ3v) is 7.19. The van der Waals surface area contributed by atoms with Crippen LogP contribution in [0.3, 0.4) is 0 Å². The Bertz CT molecular complexity index is 1400. The molecule has 3 heterocycles. The highest BCUT2D eigenvalue weighted by Crippen LogP contribution is 2.24. The number of anilines is 2. The second kappa shape index (κ2) is 10.8. The minimum atomic E-state index is -0.177. The smallest absolute Gasteiger partial charge is 0.342 e. The Kier molecular flexibility index (Phi) is 7.30. The van der Waals surface area contributed by atoms with Gasteiger partial charge in [-0.2, -0.15) is 0 Å². The highest BCUT2D eigenvalue weighted by atomic mass is 35.5. The largest absolute Gasteiger partial charge is 0.355 e. The Hall–Kier alpha value is -3.29. The number of nitrogens with one attached hydrogen (secondary N) is 2. The van der Waals surface area contributed by atoms with E-state index in [2.05, 4.69) is 43.9 Å². The van der Waals surface area contributed by atoms with Crippen molar-refractivity contribution >= 4 is 35.2 Å². The minimum Gasteiger partial charge on any atom is -0.342 e. The van der Waals surface area contributed by atoms with Crippen molar-refractivity contribution in [3.05, 3.63) is 81.2 Å². The topological polar surface area (TPSA) is 73.2 Å². The zero-order valence-electron chi connectivity index (χ0n) is 20.8. The summed E-state index contributed by atoms with van der Waals surface area (Å²) in [6, 6.07) is 13.4. The highest BCUT2D eigenvalue weighted by Gasteiger charge is 2.18. The number of carbonyl (C=O) groups excluding carboxylic acids is 1. The quantitative estimate of drug-likeness (QED) is 0.457. The number of nitrogens with zero attached hydrogens (tertiary/aromatic N) is 4. The molecule has 1 atom stereocenters. The van der Waals surface area contributed by atoms with Crippen molar-refractivity contribution < 1.29 is 4.79 Å². The molecule has 0 bridgehead atoms. The third kappa shape index (κ3) is 5.42. The van der Waals surface area contributed by atoms with Crippen LogP contribution in [0.1, 0.15) is 60.6 Å². The van der Waals surface area contributed by atoms with Crippen LogP contribution in [-0.4, -0.2) is 40.4 Å². The zero-order chi connectivity index (χ0) is 25.1. The molecule has 3 aromatic rings. The van der Waals surface area contributed by atoms with Crippen molar-refractivity contribution in [1.82, 2.24) is 19.4 Å². The molecule has 0 saturated carbocycles. The van der Waals surface area contributed by atoms with Gasteiger partial charge in [0.1, 0.15) is 6.20 Å². The number of rotatable bonds is 8. The standard InChI is InChI=1S/C28H31ClN6O/c1-3-35-18-25-27(35)33-26(16-30-25)31-19(2)20-8-7-9-23(14-20)32-28(36)21-10-11-22(24(29)15-21)17-34-12-5-4-6-13-34/h7-11,14-16,18-19H,3-6,12-13,17H2,1-2H3,(H,32,36)/p+1. The van der Waals surface area contributed by atoms with Crippen LogP contribution in [0.5, 0.6) is 0 Å². The van der Waals surface area contributed by atoms with E-state index in [-0.39, 0.29) is 11.9 Å². The van der Waals surface area contributed by atoms with Crippen molar-refractivity contribution in [2.75, 3.05) is 30.3 Å². The predicted molar refractivity (Wildman–Crippen MR) is 145 cm³/mol. The first kappa shape index (κ1) is 24.4. The molecule has 1 unspecified atom stereocenters. The van der Waals surface area contributed by atoms with E-state index >= 15 is 0 Å². The maximum atomic E-state index is 13.0. The Balaban J connectivity index is 1.23. The molecule has 2 aliphatic heterocycles. The predicted octanol–water partition coefficient (Wildman–Crippen LogP) is 3.80. The number of carbonyl (C=O) groups is 1. The minimum absolute atomic E-state index is 0.0168. The van der Waals surface area contributed by atoms with Crippen molar-refractivity contribution in [3.8, 4) is 0 Å². The fourth-order valence-electron chi connectivity index (χ4n) is 4.71. The number of hydrogen-bond acceptors (Lipinski definition) is 5. The lowest BCUT2D eigenvalue weighted by Gasteiger charge is -2.26. The lowest BCUT2D eigenvalue weighted by atomic mass is 10.1. The fraction of sp³-hybridized carbons (Fsp3) is 0.357. The number of piperidine rings is 1. The second-order valence-corrected chi connectivity index (χ2v) is 9.88. The number of fused-ring (bicyclic) bond motifs is 1. The maximum Gasteiger partial charge on any atom is 0.355 e. The van der Waals surface area contributed by atoms with Crippen molar-refractivity contribution in [2.24, 2.45) is 0 Å². The summed E-state index contributed by atoms with van der Waals surface area (Å²) < 4.78 is 2.07. The van der Waals surface area contributed by atoms with Crippen LogP contribution < -0.4 is 26.0 Å². The van der Waals surface area contributed by atoms with Crippen LogP contribution in [-0.2, 0) is 6.54 Å². The summed E-state index contributed by atoms with van der Waals surface area (Å²) in [7, 11) is 0. The monoisotopic (exact) mass is 503 g/mol. The molecule has 0 spiro atoms. The zero-order valence-corrected chi connectivity index (χ0v) is 21.6. The van der Waals surface area contributed by atoms with Crippen LogP contribution in [0.25, 0.3) is 6.20 Å². The van der Waals surface area contributed by atoms with E-state index in [0.29, 0.717) is 10.6 Å². The van der Waals surface area contributed by atoms with Gasteiger partial charge in [0.2, 0.25) is 0 Å². The molecule has 1 amide bonds. The summed E-state index contributed by atoms with van der Waals surface area (Å²) in [5.41, 5.74) is 4.28. The van der Waals surface area contributed by atoms with Crippen LogP contribution in [0.4, 0.5) is 11.5 Å². The van der Waals surface area contributed by atoms with Crippen molar-refractivity contribution in [2.45, 2.75) is 45.7 Å². The number of benzene rings is 2. The molecule has 7 nitrogen and oxygen atoms in total. The van der Waals surface area contributed by atoms with Crippen molar-refractivity contribution in [1.29, 1.82) is 0 Å². The van der Waals surface area contributed by atoms with Crippen LogP contribution >= 0.6 is 11.6 Å². The van der Waals surface area contributed by atoms with Crippen LogP contribution in [0.2, 0.25) is 5.02 Å². The van der Waals surface area contributed by atoms with Gasteiger partial charge in [-0.15, -0.1) is 0 Å². The third-order valence-electron chi connectivity index (χ3n) is 6.84. The summed E-state index contributed by atoms with van der Waals surface area (Å²) in [4.78, 5) is 24.5. The first-order chi connectivity index (χ1) is 17.5. The Morgan fingerprint density at radius 1 is 1.17 bits per heavy atom. The van der Waals surface area contributed by atoms with Gasteiger partial charge in [-0.1, -0.05) is 36.2 Å². The Morgan fingerprint density at radius 3 is 2.78 bits per heavy atom. The van der Waals surface area contributed by atoms with Gasteiger partial charge in [0.25, 0.3) is 11.7 Å². The normalized spacial score (nSPS) is 15.9. The van der Waals surface area contributed by atoms with Crippen molar-refractivity contribution in [3.63, 3.8) is 0 Å². The molecule has 5 rings (SSSR count). The van der Waals surface area contributed by atoms with Gasteiger partial charge < -0.3 is 10.6 Å². The molecule has 0 radical (unpaired) electrons. The molecule has 2 aromatic carbocycles. The molecular formula is C28H32ClN6O+. The van der Waals surface area contributed by atoms with E-state index in [1.165, 1.54) is 19.3 Å². The summed E-state index contributed by atoms with van der Waals surface area (Å²) in [5, 5.41) is 7.98. The summed E-state index contributed by atoms with van der Waals surface area (Å²) in [6.07, 6.45) is 7.53. The van der Waals surface area contributed by atoms with E-state index in [9.17, 15) is 4.79 Å². The second-order valence-electron chi connectivity index (χ2n) is 9.47. The molecule has 186 valence electrons. The van der Waals surface area contributed by atoms with E-state index in [0.717, 1.165) is 59.6 Å². The highest BCUT2D eigenvalue weighted by molar-refractivity contribution is 6.31. The molecule has 0 aliphatic carbocycles. The number of amides is 1. The van der Waals surface area contributed by atoms with Crippen LogP contribution in [0, 0.1) is 0 Å². The van der Waals surface area contributed by atoms with Gasteiger partial charge in [-0.05, 0) is 80.2 Å². The maximum absolute atomic E-state index is 13.0. The Labute approximate surface area is 216 Å². The summed E-state index contributed by atoms with van der Waals surface area (Å²) >= 11 is 6.55. The number of aromatic nitrogens is 2. The molecule has 2 aliphatic rings. The molecule has 36 heavy (non-hydrogen) atoms.